The van der Waals surface area contributed by atoms with E-state index in [2.05, 4.69) is 0 Å². The number of nitrogens with two attached hydrogens (primary N) is 1. The van der Waals surface area contributed by atoms with Crippen LogP contribution in [0.1, 0.15) is 24.8 Å². The lowest BCUT2D eigenvalue weighted by Crippen LogP contribution is -2.52. The van der Waals surface area contributed by atoms with Crippen molar-refractivity contribution in [2.75, 3.05) is 33.3 Å². The number of halogens is 1. The van der Waals surface area contributed by atoms with Gasteiger partial charge in [-0.25, -0.2) is 0 Å². The van der Waals surface area contributed by atoms with Crippen molar-refractivity contribution in [3.8, 4) is 5.75 Å². The van der Waals surface area contributed by atoms with Gasteiger partial charge in [0.05, 0.1) is 13.5 Å². The van der Waals surface area contributed by atoms with Crippen LogP contribution in [0.25, 0.3) is 0 Å². The predicted molar refractivity (Wildman–Crippen MR) is 102 cm³/mol. The Labute approximate surface area is 161 Å². The number of rotatable bonds is 4. The first kappa shape index (κ1) is 20.5. The minimum atomic E-state index is 0. The molecule has 1 aromatic carbocycles. The molecular weight excluding hydrogens is 354 g/mol. The molecule has 2 aliphatic rings. The van der Waals surface area contributed by atoms with Gasteiger partial charge in [0.2, 0.25) is 11.8 Å². The number of methoxy groups -OCH3 is 1. The van der Waals surface area contributed by atoms with Crippen molar-refractivity contribution >= 4 is 24.2 Å². The normalized spacial score (nSPS) is 22.7. The van der Waals surface area contributed by atoms with Gasteiger partial charge in [0.25, 0.3) is 0 Å². The van der Waals surface area contributed by atoms with Gasteiger partial charge in [-0.2, -0.15) is 0 Å². The zero-order valence-corrected chi connectivity index (χ0v) is 16.0. The maximum Gasteiger partial charge on any atom is 0.227 e. The summed E-state index contributed by atoms with van der Waals surface area (Å²) in [5, 5.41) is 0. The fourth-order valence-corrected chi connectivity index (χ4v) is 3.74. The number of hydrogen-bond donors (Lipinski definition) is 1. The molecule has 1 aromatic rings. The number of nitrogens with zero attached hydrogens (tertiary/aromatic N) is 2. The van der Waals surface area contributed by atoms with Crippen LogP contribution < -0.4 is 10.5 Å². The molecule has 6 nitrogen and oxygen atoms in total. The summed E-state index contributed by atoms with van der Waals surface area (Å²) in [5.74, 6) is 1.15. The molecule has 2 N–H and O–H groups in total. The zero-order valence-electron chi connectivity index (χ0n) is 15.2. The van der Waals surface area contributed by atoms with Crippen molar-refractivity contribution < 1.29 is 14.3 Å². The van der Waals surface area contributed by atoms with E-state index in [0.29, 0.717) is 32.6 Å². The van der Waals surface area contributed by atoms with Gasteiger partial charge >= 0.3 is 0 Å². The largest absolute Gasteiger partial charge is 0.497 e. The maximum absolute atomic E-state index is 12.5. The van der Waals surface area contributed by atoms with E-state index >= 15 is 0 Å². The fraction of sp³-hybridized carbons (Fsp3) is 0.579. The molecule has 144 valence electrons. The van der Waals surface area contributed by atoms with E-state index in [0.717, 1.165) is 30.6 Å². The second-order valence-electron chi connectivity index (χ2n) is 7.00. The number of amides is 2. The summed E-state index contributed by atoms with van der Waals surface area (Å²) in [5.41, 5.74) is 6.86. The highest BCUT2D eigenvalue weighted by Gasteiger charge is 2.33. The molecule has 26 heavy (non-hydrogen) atoms. The van der Waals surface area contributed by atoms with E-state index < -0.39 is 0 Å². The molecule has 1 saturated carbocycles. The summed E-state index contributed by atoms with van der Waals surface area (Å²) in [6.07, 6.45) is 3.00. The lowest BCUT2D eigenvalue weighted by Gasteiger charge is -2.36. The Morgan fingerprint density at radius 3 is 2.46 bits per heavy atom. The average molecular weight is 382 g/mol. The Hall–Kier alpha value is -1.79. The third kappa shape index (κ3) is 4.89. The van der Waals surface area contributed by atoms with Crippen LogP contribution in [0.3, 0.4) is 0 Å². The molecule has 2 fully saturated rings. The van der Waals surface area contributed by atoms with Crippen LogP contribution in [0.15, 0.2) is 24.3 Å². The molecule has 1 aliphatic carbocycles. The van der Waals surface area contributed by atoms with Gasteiger partial charge < -0.3 is 20.3 Å². The number of benzene rings is 1. The van der Waals surface area contributed by atoms with Crippen LogP contribution in [0, 0.1) is 5.92 Å². The summed E-state index contributed by atoms with van der Waals surface area (Å²) in [7, 11) is 1.62. The Kier molecular flexibility index (Phi) is 7.29. The Bertz CT molecular complexity index is 632. The van der Waals surface area contributed by atoms with E-state index in [1.807, 2.05) is 34.1 Å². The number of carbonyl (C=O) groups excluding carboxylic acids is 2. The summed E-state index contributed by atoms with van der Waals surface area (Å²) >= 11 is 0. The smallest absolute Gasteiger partial charge is 0.227 e. The number of carbonyl (C=O) groups is 2. The van der Waals surface area contributed by atoms with E-state index in [1.165, 1.54) is 0 Å². The average Bonchev–Trinajstić information content (AvgIpc) is 3.07. The maximum atomic E-state index is 12.5. The van der Waals surface area contributed by atoms with E-state index in [4.69, 9.17) is 10.5 Å². The Morgan fingerprint density at radius 1 is 1.15 bits per heavy atom. The van der Waals surface area contributed by atoms with Crippen molar-refractivity contribution in [3.63, 3.8) is 0 Å². The zero-order chi connectivity index (χ0) is 17.8. The topological polar surface area (TPSA) is 75.9 Å². The molecule has 1 saturated heterocycles. The van der Waals surface area contributed by atoms with Crippen LogP contribution in [0.4, 0.5) is 0 Å². The molecular formula is C19H28ClN3O3. The summed E-state index contributed by atoms with van der Waals surface area (Å²) in [6.45, 7) is 2.45. The second-order valence-corrected chi connectivity index (χ2v) is 7.00. The second kappa shape index (κ2) is 9.24. The molecule has 7 heteroatoms. The molecule has 0 aromatic heterocycles. The van der Waals surface area contributed by atoms with Crippen molar-refractivity contribution in [1.82, 2.24) is 9.80 Å². The highest BCUT2D eigenvalue weighted by Crippen LogP contribution is 2.26. The molecule has 2 amide bonds. The molecule has 3 rings (SSSR count). The number of piperazine rings is 1. The fourth-order valence-electron chi connectivity index (χ4n) is 3.74. The van der Waals surface area contributed by atoms with Crippen molar-refractivity contribution in [3.05, 3.63) is 29.8 Å². The first-order chi connectivity index (χ1) is 12.1. The van der Waals surface area contributed by atoms with Gasteiger partial charge in [0.15, 0.2) is 0 Å². The van der Waals surface area contributed by atoms with Crippen molar-refractivity contribution in [2.45, 2.75) is 31.7 Å². The van der Waals surface area contributed by atoms with E-state index in [1.54, 1.807) is 7.11 Å². The number of ether oxygens (including phenoxy) is 1. The van der Waals surface area contributed by atoms with Crippen LogP contribution in [-0.2, 0) is 16.0 Å². The minimum Gasteiger partial charge on any atom is -0.497 e. The third-order valence-electron chi connectivity index (χ3n) is 5.26. The third-order valence-corrected chi connectivity index (χ3v) is 5.26. The lowest BCUT2D eigenvalue weighted by molar-refractivity contribution is -0.141. The van der Waals surface area contributed by atoms with Crippen LogP contribution in [-0.4, -0.2) is 60.9 Å². The monoisotopic (exact) mass is 381 g/mol. The van der Waals surface area contributed by atoms with Crippen LogP contribution in [0.2, 0.25) is 0 Å². The van der Waals surface area contributed by atoms with Crippen molar-refractivity contribution in [2.24, 2.45) is 11.7 Å². The Balaban J connectivity index is 0.00000243. The highest BCUT2D eigenvalue weighted by molar-refractivity contribution is 5.85. The molecule has 0 radical (unpaired) electrons. The SMILES string of the molecule is COc1cccc(CC(=O)N2CCN(C(=O)C3CCC(N)C3)CC2)c1.Cl. The molecule has 2 atom stereocenters. The van der Waals surface area contributed by atoms with Gasteiger partial charge in [-0.1, -0.05) is 12.1 Å². The van der Waals surface area contributed by atoms with Crippen LogP contribution >= 0.6 is 12.4 Å². The predicted octanol–water partition coefficient (Wildman–Crippen LogP) is 1.46. The standard InChI is InChI=1S/C19H27N3O3.ClH/c1-25-17-4-2-3-14(11-17)12-18(23)21-7-9-22(10-8-21)19(24)15-5-6-16(20)13-15;/h2-4,11,15-16H,5-10,12-13,20H2,1H3;1H. The van der Waals surface area contributed by atoms with Gasteiger partial charge in [-0.15, -0.1) is 12.4 Å². The molecule has 0 spiro atoms. The van der Waals surface area contributed by atoms with Gasteiger partial charge in [-0.05, 0) is 37.0 Å². The molecule has 2 unspecified atom stereocenters. The summed E-state index contributed by atoms with van der Waals surface area (Å²) < 4.78 is 5.20. The van der Waals surface area contributed by atoms with Gasteiger partial charge in [0.1, 0.15) is 5.75 Å². The minimum absolute atomic E-state index is 0. The first-order valence-electron chi connectivity index (χ1n) is 9.02. The quantitative estimate of drug-likeness (QED) is 0.856. The van der Waals surface area contributed by atoms with Gasteiger partial charge in [0, 0.05) is 38.1 Å². The molecule has 0 bridgehead atoms. The first-order valence-corrected chi connectivity index (χ1v) is 9.02. The van der Waals surface area contributed by atoms with E-state index in [-0.39, 0.29) is 36.2 Å². The van der Waals surface area contributed by atoms with Crippen LogP contribution in [0.5, 0.6) is 5.75 Å². The Morgan fingerprint density at radius 2 is 1.85 bits per heavy atom. The molecule has 1 aliphatic heterocycles. The van der Waals surface area contributed by atoms with Crippen molar-refractivity contribution in [1.29, 1.82) is 0 Å². The summed E-state index contributed by atoms with van der Waals surface area (Å²) in [4.78, 5) is 28.8. The highest BCUT2D eigenvalue weighted by atomic mass is 35.5. The van der Waals surface area contributed by atoms with E-state index in [9.17, 15) is 9.59 Å². The number of hydrogen-bond acceptors (Lipinski definition) is 4. The lowest BCUT2D eigenvalue weighted by atomic mass is 10.1. The molecule has 1 heterocycles. The van der Waals surface area contributed by atoms with Gasteiger partial charge in [-0.3, -0.25) is 9.59 Å². The summed E-state index contributed by atoms with van der Waals surface area (Å²) in [6, 6.07) is 7.75.